The zero-order valence-electron chi connectivity index (χ0n) is 17.2. The van der Waals surface area contributed by atoms with Crippen LogP contribution in [-0.4, -0.2) is 52.9 Å². The quantitative estimate of drug-likeness (QED) is 0.759. The maximum Gasteiger partial charge on any atom is 0.119 e. The average Bonchev–Trinajstić information content (AvgIpc) is 3.22. The molecule has 0 saturated carbocycles. The Bertz CT molecular complexity index is 713. The highest BCUT2D eigenvalue weighted by Gasteiger charge is 2.35. The minimum atomic E-state index is 0.111. The maximum atomic E-state index is 6.30. The lowest BCUT2D eigenvalue weighted by Crippen LogP contribution is -2.41. The summed E-state index contributed by atoms with van der Waals surface area (Å²) in [5.74, 6) is 0.997. The van der Waals surface area contributed by atoms with Gasteiger partial charge < -0.3 is 18.9 Å². The van der Waals surface area contributed by atoms with E-state index in [1.54, 1.807) is 0 Å². The fraction of sp³-hybridized carbons (Fsp3) is 0.609. The van der Waals surface area contributed by atoms with Crippen molar-refractivity contribution in [2.75, 3.05) is 26.3 Å². The average molecular weight is 384 g/mol. The largest absolute Gasteiger partial charge is 0.490 e. The monoisotopic (exact) mass is 383 g/mol. The molecule has 28 heavy (non-hydrogen) atoms. The summed E-state index contributed by atoms with van der Waals surface area (Å²) >= 11 is 0. The molecule has 0 N–H and O–H groups in total. The Morgan fingerprint density at radius 2 is 1.86 bits per heavy atom. The lowest BCUT2D eigenvalue weighted by molar-refractivity contribution is 0.0434. The smallest absolute Gasteiger partial charge is 0.119 e. The number of benzene rings is 1. The Morgan fingerprint density at radius 1 is 1.14 bits per heavy atom. The second-order valence-corrected chi connectivity index (χ2v) is 8.60. The van der Waals surface area contributed by atoms with E-state index in [2.05, 4.69) is 58.8 Å². The predicted molar refractivity (Wildman–Crippen MR) is 111 cm³/mol. The molecule has 2 aliphatic rings. The van der Waals surface area contributed by atoms with Crippen LogP contribution in [0.3, 0.4) is 0 Å². The van der Waals surface area contributed by atoms with Crippen molar-refractivity contribution >= 4 is 0 Å². The van der Waals surface area contributed by atoms with E-state index < -0.39 is 0 Å². The van der Waals surface area contributed by atoms with Gasteiger partial charge in [0.05, 0.1) is 6.33 Å². The van der Waals surface area contributed by atoms with Gasteiger partial charge in [-0.3, -0.25) is 0 Å². The van der Waals surface area contributed by atoms with Gasteiger partial charge in [0, 0.05) is 56.7 Å². The van der Waals surface area contributed by atoms with Gasteiger partial charge in [0.2, 0.25) is 0 Å². The van der Waals surface area contributed by atoms with Gasteiger partial charge in [0.1, 0.15) is 11.9 Å². The minimum absolute atomic E-state index is 0.111. The highest BCUT2D eigenvalue weighted by atomic mass is 16.5. The van der Waals surface area contributed by atoms with Crippen LogP contribution in [0, 0.1) is 0 Å². The molecular weight excluding hydrogens is 350 g/mol. The first-order valence-electron chi connectivity index (χ1n) is 10.7. The summed E-state index contributed by atoms with van der Waals surface area (Å²) in [5, 5.41) is 0. The van der Waals surface area contributed by atoms with E-state index in [1.807, 2.05) is 12.5 Å². The number of ether oxygens (including phenoxy) is 2. The third-order valence-corrected chi connectivity index (χ3v) is 6.47. The maximum absolute atomic E-state index is 6.30. The third-order valence-electron chi connectivity index (χ3n) is 6.47. The molecule has 152 valence electrons. The van der Waals surface area contributed by atoms with Crippen molar-refractivity contribution in [1.82, 2.24) is 14.5 Å². The Balaban J connectivity index is 1.42. The number of rotatable bonds is 6. The number of aromatic nitrogens is 2. The first-order valence-corrected chi connectivity index (χ1v) is 10.7. The summed E-state index contributed by atoms with van der Waals surface area (Å²) in [7, 11) is 0. The Hall–Kier alpha value is -1.85. The minimum Gasteiger partial charge on any atom is -0.490 e. The first-order chi connectivity index (χ1) is 13.6. The van der Waals surface area contributed by atoms with Crippen LogP contribution < -0.4 is 4.74 Å². The van der Waals surface area contributed by atoms with Crippen molar-refractivity contribution < 1.29 is 9.47 Å². The molecule has 4 rings (SSSR count). The molecule has 0 bridgehead atoms. The van der Waals surface area contributed by atoms with Gasteiger partial charge in [-0.05, 0) is 57.2 Å². The normalized spacial score (nSPS) is 21.1. The van der Waals surface area contributed by atoms with Crippen molar-refractivity contribution in [1.29, 1.82) is 0 Å². The Kier molecular flexibility index (Phi) is 6.02. The summed E-state index contributed by atoms with van der Waals surface area (Å²) in [6.07, 6.45) is 10.5. The molecule has 2 aromatic rings. The van der Waals surface area contributed by atoms with Gasteiger partial charge in [-0.25, -0.2) is 4.98 Å². The number of hydrogen-bond acceptors (Lipinski definition) is 4. The first kappa shape index (κ1) is 19.5. The summed E-state index contributed by atoms with van der Waals surface area (Å²) in [6.45, 7) is 9.40. The third kappa shape index (κ3) is 4.41. The van der Waals surface area contributed by atoms with E-state index >= 15 is 0 Å². The topological polar surface area (TPSA) is 39.5 Å². The SMILES string of the molecule is CC(C)N1CCC(Oc2ccc(C3(Cn4ccnc4)CCOCC3)cc2)CC1. The molecule has 1 aromatic carbocycles. The van der Waals surface area contributed by atoms with Crippen LogP contribution in [0.1, 0.15) is 45.1 Å². The van der Waals surface area contributed by atoms with E-state index in [9.17, 15) is 0 Å². The molecule has 1 aromatic heterocycles. The number of nitrogens with zero attached hydrogens (tertiary/aromatic N) is 3. The van der Waals surface area contributed by atoms with Gasteiger partial charge in [0.15, 0.2) is 0 Å². The van der Waals surface area contributed by atoms with E-state index in [4.69, 9.17) is 9.47 Å². The molecule has 5 nitrogen and oxygen atoms in total. The van der Waals surface area contributed by atoms with Crippen molar-refractivity contribution in [3.05, 3.63) is 48.5 Å². The van der Waals surface area contributed by atoms with E-state index in [-0.39, 0.29) is 5.41 Å². The van der Waals surface area contributed by atoms with E-state index in [1.165, 1.54) is 5.56 Å². The van der Waals surface area contributed by atoms with Crippen molar-refractivity contribution in [2.45, 2.75) is 63.6 Å². The Labute approximate surface area is 168 Å². The van der Waals surface area contributed by atoms with Gasteiger partial charge in [-0.15, -0.1) is 0 Å². The standard InChI is InChI=1S/C23H33N3O2/c1-19(2)26-12-7-22(8-13-26)28-21-5-3-20(4-6-21)23(9-15-27-16-10-23)17-25-14-11-24-18-25/h3-6,11,14,18-19,22H,7-10,12-13,15-17H2,1-2H3. The highest BCUT2D eigenvalue weighted by Crippen LogP contribution is 2.37. The van der Waals surface area contributed by atoms with Gasteiger partial charge in [-0.1, -0.05) is 12.1 Å². The highest BCUT2D eigenvalue weighted by molar-refractivity contribution is 5.33. The number of imidazole rings is 1. The van der Waals surface area contributed by atoms with Crippen LogP contribution in [0.15, 0.2) is 43.0 Å². The van der Waals surface area contributed by atoms with Crippen molar-refractivity contribution in [3.63, 3.8) is 0 Å². The summed E-state index contributed by atoms with van der Waals surface area (Å²) in [6, 6.07) is 9.48. The molecule has 0 atom stereocenters. The zero-order chi connectivity index (χ0) is 19.4. The fourth-order valence-electron chi connectivity index (χ4n) is 4.62. The predicted octanol–water partition coefficient (Wildman–Crippen LogP) is 3.88. The molecule has 0 radical (unpaired) electrons. The molecule has 0 spiro atoms. The molecule has 2 saturated heterocycles. The van der Waals surface area contributed by atoms with Gasteiger partial charge >= 0.3 is 0 Å². The summed E-state index contributed by atoms with van der Waals surface area (Å²) in [5.41, 5.74) is 1.49. The molecule has 5 heteroatoms. The van der Waals surface area contributed by atoms with Gasteiger partial charge in [0.25, 0.3) is 0 Å². The molecular formula is C23H33N3O2. The van der Waals surface area contributed by atoms with Crippen molar-refractivity contribution in [2.24, 2.45) is 0 Å². The number of piperidine rings is 1. The van der Waals surface area contributed by atoms with Crippen LogP contribution >= 0.6 is 0 Å². The van der Waals surface area contributed by atoms with Crippen LogP contribution in [0.2, 0.25) is 0 Å². The van der Waals surface area contributed by atoms with Crippen molar-refractivity contribution in [3.8, 4) is 5.75 Å². The zero-order valence-corrected chi connectivity index (χ0v) is 17.2. The molecule has 0 amide bonds. The van der Waals surface area contributed by atoms with Crippen LogP contribution in [0.25, 0.3) is 0 Å². The molecule has 2 fully saturated rings. The summed E-state index contributed by atoms with van der Waals surface area (Å²) < 4.78 is 14.2. The fourth-order valence-corrected chi connectivity index (χ4v) is 4.62. The van der Waals surface area contributed by atoms with Gasteiger partial charge in [-0.2, -0.15) is 0 Å². The van der Waals surface area contributed by atoms with E-state index in [0.29, 0.717) is 12.1 Å². The molecule has 3 heterocycles. The second-order valence-electron chi connectivity index (χ2n) is 8.60. The molecule has 0 aliphatic carbocycles. The second kappa shape index (κ2) is 8.66. The molecule has 2 aliphatic heterocycles. The van der Waals surface area contributed by atoms with Crippen LogP contribution in [0.4, 0.5) is 0 Å². The lowest BCUT2D eigenvalue weighted by atomic mass is 9.74. The number of hydrogen-bond donors (Lipinski definition) is 0. The van der Waals surface area contributed by atoms with Crippen LogP contribution in [-0.2, 0) is 16.7 Å². The van der Waals surface area contributed by atoms with Crippen LogP contribution in [0.5, 0.6) is 5.75 Å². The lowest BCUT2D eigenvalue weighted by Gasteiger charge is -2.38. The number of likely N-dealkylation sites (tertiary alicyclic amines) is 1. The Morgan fingerprint density at radius 3 is 2.46 bits per heavy atom. The summed E-state index contributed by atoms with van der Waals surface area (Å²) in [4.78, 5) is 6.75. The molecule has 0 unspecified atom stereocenters. The van der Waals surface area contributed by atoms with E-state index in [0.717, 1.165) is 64.3 Å².